The van der Waals surface area contributed by atoms with Crippen molar-refractivity contribution in [2.24, 2.45) is 5.92 Å². The van der Waals surface area contributed by atoms with Crippen LogP contribution < -0.4 is 0 Å². The third-order valence-corrected chi connectivity index (χ3v) is 7.05. The van der Waals surface area contributed by atoms with E-state index in [1.165, 1.54) is 12.1 Å². The number of likely N-dealkylation sites (tertiary alicyclic amines) is 1. The molecule has 31 heavy (non-hydrogen) atoms. The van der Waals surface area contributed by atoms with Crippen LogP contribution in [0.25, 0.3) is 0 Å². The molecule has 8 heteroatoms. The zero-order chi connectivity index (χ0) is 22.3. The van der Waals surface area contributed by atoms with E-state index in [4.69, 9.17) is 23.2 Å². The molecule has 2 aromatic rings. The molecule has 2 aliphatic rings. The highest BCUT2D eigenvalue weighted by atomic mass is 35.5. The van der Waals surface area contributed by atoms with Crippen LogP contribution in [0.1, 0.15) is 40.7 Å². The molecule has 0 radical (unpaired) electrons. The number of ketones is 1. The highest BCUT2D eigenvalue weighted by Crippen LogP contribution is 2.42. The van der Waals surface area contributed by atoms with Gasteiger partial charge in [0, 0.05) is 36.6 Å². The summed E-state index contributed by atoms with van der Waals surface area (Å²) in [5, 5.41) is 10.3. The third-order valence-electron chi connectivity index (χ3n) is 6.32. The van der Waals surface area contributed by atoms with Gasteiger partial charge in [0.15, 0.2) is 5.78 Å². The Hall–Kier alpha value is -2.02. The second-order valence-corrected chi connectivity index (χ2v) is 9.23. The third kappa shape index (κ3) is 4.47. The number of nitrogens with zero attached hydrogens (tertiary/aromatic N) is 1. The molecular weight excluding hydrogens is 447 g/mol. The maximum absolute atomic E-state index is 15.8. The predicted molar refractivity (Wildman–Crippen MR) is 114 cm³/mol. The van der Waals surface area contributed by atoms with E-state index in [1.807, 2.05) is 0 Å². The van der Waals surface area contributed by atoms with Crippen molar-refractivity contribution < 1.29 is 23.5 Å². The van der Waals surface area contributed by atoms with Crippen molar-refractivity contribution in [2.45, 2.75) is 43.9 Å². The van der Waals surface area contributed by atoms with Gasteiger partial charge in [0.1, 0.15) is 17.5 Å². The van der Waals surface area contributed by atoms with E-state index in [2.05, 4.69) is 0 Å². The second-order valence-electron chi connectivity index (χ2n) is 8.41. The summed E-state index contributed by atoms with van der Waals surface area (Å²) in [6, 6.07) is 8.21. The number of Topliss-reactive ketones (excluding diaryl/α,β-unsaturated/α-hetero) is 1. The van der Waals surface area contributed by atoms with E-state index in [-0.39, 0.29) is 43.2 Å². The number of carboxylic acid groups (broad SMARTS) is 1. The van der Waals surface area contributed by atoms with Crippen LogP contribution in [0.4, 0.5) is 8.78 Å². The van der Waals surface area contributed by atoms with Crippen LogP contribution >= 0.6 is 23.2 Å². The molecule has 4 nitrogen and oxygen atoms in total. The molecule has 1 aliphatic heterocycles. The normalized spacial score (nSPS) is 26.1. The summed E-state index contributed by atoms with van der Waals surface area (Å²) in [7, 11) is 0. The molecule has 1 heterocycles. The first-order chi connectivity index (χ1) is 14.7. The van der Waals surface area contributed by atoms with Crippen molar-refractivity contribution in [3.05, 3.63) is 69.0 Å². The molecule has 0 amide bonds. The zero-order valence-corrected chi connectivity index (χ0v) is 18.1. The summed E-state index contributed by atoms with van der Waals surface area (Å²) < 4.78 is 29.8. The molecular formula is C23H21Cl2F2NO3. The van der Waals surface area contributed by atoms with Crippen molar-refractivity contribution in [1.82, 2.24) is 4.90 Å². The summed E-state index contributed by atoms with van der Waals surface area (Å²) >= 11 is 12.1. The molecule has 1 aliphatic carbocycles. The van der Waals surface area contributed by atoms with Crippen molar-refractivity contribution in [1.29, 1.82) is 0 Å². The van der Waals surface area contributed by atoms with E-state index < -0.39 is 29.4 Å². The van der Waals surface area contributed by atoms with E-state index >= 15 is 4.39 Å². The summed E-state index contributed by atoms with van der Waals surface area (Å²) in [5.41, 5.74) is -0.241. The summed E-state index contributed by atoms with van der Waals surface area (Å²) in [6.07, 6.45) is 0.117. The lowest BCUT2D eigenvalue weighted by atomic mass is 9.79. The lowest BCUT2D eigenvalue weighted by Gasteiger charge is -2.41. The number of alkyl halides is 1. The number of fused-ring (bicyclic) bond motifs is 1. The first-order valence-corrected chi connectivity index (χ1v) is 10.8. The molecule has 1 fully saturated rings. The van der Waals surface area contributed by atoms with Gasteiger partial charge in [-0.2, -0.15) is 0 Å². The Labute approximate surface area is 188 Å². The lowest BCUT2D eigenvalue weighted by Crippen LogP contribution is -2.52. The summed E-state index contributed by atoms with van der Waals surface area (Å²) in [4.78, 5) is 26.3. The van der Waals surface area contributed by atoms with Gasteiger partial charge in [-0.1, -0.05) is 41.4 Å². The first kappa shape index (κ1) is 22.2. The van der Waals surface area contributed by atoms with Crippen LogP contribution in [0.2, 0.25) is 10.0 Å². The maximum atomic E-state index is 15.8. The first-order valence-electron chi connectivity index (χ1n) is 10.1. The Bertz CT molecular complexity index is 1050. The molecule has 3 unspecified atom stereocenters. The number of aliphatic carboxylic acids is 1. The number of carbonyl (C=O) groups is 2. The second kappa shape index (κ2) is 8.49. The number of benzene rings is 2. The fourth-order valence-electron chi connectivity index (χ4n) is 4.71. The van der Waals surface area contributed by atoms with Crippen molar-refractivity contribution in [3.63, 3.8) is 0 Å². The zero-order valence-electron chi connectivity index (χ0n) is 16.6. The molecule has 164 valence electrons. The predicted octanol–water partition coefficient (Wildman–Crippen LogP) is 5.34. The minimum atomic E-state index is -1.80. The van der Waals surface area contributed by atoms with Gasteiger partial charge in [-0.05, 0) is 43.0 Å². The van der Waals surface area contributed by atoms with E-state index in [9.17, 15) is 19.1 Å². The van der Waals surface area contributed by atoms with Crippen LogP contribution in [0, 0.1) is 11.7 Å². The number of carbonyl (C=O) groups excluding carboxylic acids is 1. The number of rotatable bonds is 5. The minimum absolute atomic E-state index is 0.0624. The van der Waals surface area contributed by atoms with E-state index in [1.54, 1.807) is 29.2 Å². The largest absolute Gasteiger partial charge is 0.480 e. The fourth-order valence-corrected chi connectivity index (χ4v) is 5.06. The Morgan fingerprint density at radius 2 is 1.94 bits per heavy atom. The van der Waals surface area contributed by atoms with Gasteiger partial charge >= 0.3 is 5.97 Å². The van der Waals surface area contributed by atoms with Gasteiger partial charge in [0.2, 0.25) is 0 Å². The highest BCUT2D eigenvalue weighted by molar-refractivity contribution is 6.42. The van der Waals surface area contributed by atoms with Crippen LogP contribution in [-0.2, 0) is 17.8 Å². The molecule has 2 aromatic carbocycles. The average molecular weight is 468 g/mol. The smallest absolute Gasteiger partial charge is 0.321 e. The lowest BCUT2D eigenvalue weighted by molar-refractivity contribution is -0.148. The van der Waals surface area contributed by atoms with Gasteiger partial charge in [0.25, 0.3) is 0 Å². The number of piperidine rings is 1. The van der Waals surface area contributed by atoms with E-state index in [0.717, 1.165) is 5.56 Å². The van der Waals surface area contributed by atoms with Crippen molar-refractivity contribution in [3.8, 4) is 0 Å². The SMILES string of the molecule is O=C1c2cc(Cl)c(Cl)cc2CC1CC1(F)CCN(Cc2ccccc2F)C(C(=O)O)C1. The highest BCUT2D eigenvalue weighted by Gasteiger charge is 2.46. The van der Waals surface area contributed by atoms with Gasteiger partial charge in [-0.25, -0.2) is 8.78 Å². The van der Waals surface area contributed by atoms with Crippen LogP contribution in [-0.4, -0.2) is 40.0 Å². The topological polar surface area (TPSA) is 57.6 Å². The van der Waals surface area contributed by atoms with Crippen LogP contribution in [0.3, 0.4) is 0 Å². The Morgan fingerprint density at radius 3 is 2.65 bits per heavy atom. The Morgan fingerprint density at radius 1 is 1.23 bits per heavy atom. The summed E-state index contributed by atoms with van der Waals surface area (Å²) in [6.45, 7) is 0.248. The average Bonchev–Trinajstić information content (AvgIpc) is 2.99. The van der Waals surface area contributed by atoms with Crippen molar-refractivity contribution >= 4 is 35.0 Å². The van der Waals surface area contributed by atoms with Gasteiger partial charge in [-0.3, -0.25) is 14.5 Å². The van der Waals surface area contributed by atoms with Crippen LogP contribution in [0.15, 0.2) is 36.4 Å². The molecule has 0 saturated carbocycles. The van der Waals surface area contributed by atoms with Gasteiger partial charge < -0.3 is 5.11 Å². The summed E-state index contributed by atoms with van der Waals surface area (Å²) in [5.74, 6) is -2.35. The molecule has 4 rings (SSSR count). The van der Waals surface area contributed by atoms with E-state index in [0.29, 0.717) is 22.6 Å². The molecule has 0 aromatic heterocycles. The van der Waals surface area contributed by atoms with Crippen LogP contribution in [0.5, 0.6) is 0 Å². The number of carboxylic acids is 1. The molecule has 1 saturated heterocycles. The van der Waals surface area contributed by atoms with Crippen molar-refractivity contribution in [2.75, 3.05) is 6.54 Å². The molecule has 0 bridgehead atoms. The van der Waals surface area contributed by atoms with Gasteiger partial charge in [-0.15, -0.1) is 0 Å². The number of hydrogen-bond acceptors (Lipinski definition) is 3. The Kier molecular flexibility index (Phi) is 6.08. The molecule has 1 N–H and O–H groups in total. The molecule has 3 atom stereocenters. The quantitative estimate of drug-likeness (QED) is 0.644. The number of hydrogen-bond donors (Lipinski definition) is 1. The Balaban J connectivity index is 1.48. The minimum Gasteiger partial charge on any atom is -0.480 e. The molecule has 0 spiro atoms. The maximum Gasteiger partial charge on any atom is 0.321 e. The number of halogens is 4. The monoisotopic (exact) mass is 467 g/mol. The standard InChI is InChI=1S/C23H21Cl2F2NO3/c24-17-8-14-7-15(21(29)16(14)9-18(17)25)10-23(27)5-6-28(20(11-23)22(30)31)12-13-3-1-2-4-19(13)26/h1-4,8-9,15,20H,5-7,10-12H2,(H,30,31). The van der Waals surface area contributed by atoms with Gasteiger partial charge in [0.05, 0.1) is 10.0 Å². The fraction of sp³-hybridized carbons (Fsp3) is 0.391.